The Bertz CT molecular complexity index is 2140. The summed E-state index contributed by atoms with van der Waals surface area (Å²) in [5.74, 6) is -2.15. The van der Waals surface area contributed by atoms with Crippen LogP contribution in [0.5, 0.6) is 11.5 Å². The molecular formula is C38H36N4O7. The van der Waals surface area contributed by atoms with Gasteiger partial charge in [-0.1, -0.05) is 60.7 Å². The number of rotatable bonds is 8. The molecule has 0 spiro atoms. The molecule has 0 radical (unpaired) electrons. The minimum atomic E-state index is -0.970. The van der Waals surface area contributed by atoms with Crippen LogP contribution in [-0.4, -0.2) is 76.5 Å². The zero-order chi connectivity index (χ0) is 34.1. The summed E-state index contributed by atoms with van der Waals surface area (Å²) in [7, 11) is 0. The summed E-state index contributed by atoms with van der Waals surface area (Å²) >= 11 is 0. The number of amides is 3. The molecule has 11 nitrogen and oxygen atoms in total. The number of benzene rings is 4. The highest BCUT2D eigenvalue weighted by atomic mass is 16.3. The molecule has 49 heavy (non-hydrogen) atoms. The predicted octanol–water partition coefficient (Wildman–Crippen LogP) is 4.17. The fourth-order valence-corrected chi connectivity index (χ4v) is 6.74. The van der Waals surface area contributed by atoms with E-state index in [1.165, 1.54) is 0 Å². The zero-order valence-corrected chi connectivity index (χ0v) is 26.8. The summed E-state index contributed by atoms with van der Waals surface area (Å²) in [6.07, 6.45) is 1.66. The largest absolute Gasteiger partial charge is 0.504 e. The first kappa shape index (κ1) is 31.7. The van der Waals surface area contributed by atoms with Crippen LogP contribution in [0.3, 0.4) is 0 Å². The van der Waals surface area contributed by atoms with Crippen molar-refractivity contribution in [2.75, 3.05) is 37.6 Å². The van der Waals surface area contributed by atoms with Gasteiger partial charge in [0, 0.05) is 69.9 Å². The standard InChI is InChI=1S/C38H36N4O7/c43-31-21-35(49-34-22-33(45)32(44)20-28(31)34)37(47)39-29(19-24-11-12-25-6-1-2-7-26(25)18-24)38(48)41-16-14-40(15-17-41)30-9-4-3-8-27(30)23-42-13-5-10-36(42)46/h1-4,6-9,11-12,18,20-22,29,44-45H,5,10,13-17,19,23H2,(H,39,47)/t29-/m1/s1. The number of para-hydroxylation sites is 1. The first-order valence-corrected chi connectivity index (χ1v) is 16.4. The fourth-order valence-electron chi connectivity index (χ4n) is 6.74. The monoisotopic (exact) mass is 660 g/mol. The van der Waals surface area contributed by atoms with E-state index in [1.807, 2.05) is 65.6 Å². The van der Waals surface area contributed by atoms with Gasteiger partial charge in [0.1, 0.15) is 11.6 Å². The average Bonchev–Trinajstić information content (AvgIpc) is 3.52. The Balaban J connectivity index is 1.11. The number of piperazine rings is 1. The Morgan fingerprint density at radius 1 is 0.816 bits per heavy atom. The van der Waals surface area contributed by atoms with Gasteiger partial charge in [-0.25, -0.2) is 0 Å². The topological polar surface area (TPSA) is 144 Å². The van der Waals surface area contributed by atoms with E-state index in [-0.39, 0.29) is 35.0 Å². The van der Waals surface area contributed by atoms with Gasteiger partial charge in [0.05, 0.1) is 5.39 Å². The minimum absolute atomic E-state index is 0.00196. The number of nitrogens with one attached hydrogen (secondary N) is 1. The van der Waals surface area contributed by atoms with Crippen LogP contribution in [-0.2, 0) is 22.6 Å². The first-order valence-electron chi connectivity index (χ1n) is 16.4. The second-order valence-corrected chi connectivity index (χ2v) is 12.6. The maximum Gasteiger partial charge on any atom is 0.287 e. The summed E-state index contributed by atoms with van der Waals surface area (Å²) in [6.45, 7) is 3.31. The van der Waals surface area contributed by atoms with E-state index < -0.39 is 28.9 Å². The van der Waals surface area contributed by atoms with Crippen molar-refractivity contribution in [1.29, 1.82) is 0 Å². The molecule has 3 heterocycles. The van der Waals surface area contributed by atoms with Crippen LogP contribution < -0.4 is 15.6 Å². The second-order valence-electron chi connectivity index (χ2n) is 12.6. The molecule has 1 atom stereocenters. The van der Waals surface area contributed by atoms with E-state index in [0.717, 1.165) is 58.8 Å². The smallest absolute Gasteiger partial charge is 0.287 e. The molecule has 0 bridgehead atoms. The molecule has 2 fully saturated rings. The number of hydrogen-bond donors (Lipinski definition) is 3. The van der Waals surface area contributed by atoms with Gasteiger partial charge in [-0.05, 0) is 40.5 Å². The first-order chi connectivity index (χ1) is 23.7. The third-order valence-corrected chi connectivity index (χ3v) is 9.36. The molecule has 0 aliphatic carbocycles. The Labute approximate surface area is 282 Å². The molecule has 2 aliphatic rings. The van der Waals surface area contributed by atoms with E-state index in [2.05, 4.69) is 16.3 Å². The van der Waals surface area contributed by atoms with Crippen molar-refractivity contribution in [2.24, 2.45) is 0 Å². The molecule has 3 amide bonds. The Morgan fingerprint density at radius 3 is 2.33 bits per heavy atom. The maximum atomic E-state index is 14.2. The lowest BCUT2D eigenvalue weighted by molar-refractivity contribution is -0.133. The van der Waals surface area contributed by atoms with Gasteiger partial charge in [0.2, 0.25) is 11.8 Å². The predicted molar refractivity (Wildman–Crippen MR) is 185 cm³/mol. The molecule has 0 saturated carbocycles. The average molecular weight is 661 g/mol. The molecule has 3 N–H and O–H groups in total. The van der Waals surface area contributed by atoms with Gasteiger partial charge < -0.3 is 34.6 Å². The molecule has 1 aromatic heterocycles. The molecule has 2 saturated heterocycles. The third kappa shape index (κ3) is 6.64. The van der Waals surface area contributed by atoms with Crippen LogP contribution in [0.15, 0.2) is 94.1 Å². The van der Waals surface area contributed by atoms with Gasteiger partial charge in [-0.3, -0.25) is 19.2 Å². The normalized spacial score (nSPS) is 15.6. The quantitative estimate of drug-likeness (QED) is 0.211. The number of fused-ring (bicyclic) bond motifs is 2. The second kappa shape index (κ2) is 13.3. The van der Waals surface area contributed by atoms with Gasteiger partial charge in [-0.15, -0.1) is 0 Å². The number of nitrogens with zero attached hydrogens (tertiary/aromatic N) is 3. The van der Waals surface area contributed by atoms with Crippen molar-refractivity contribution < 1.29 is 29.0 Å². The Kier molecular flexibility index (Phi) is 8.65. The summed E-state index contributed by atoms with van der Waals surface area (Å²) < 4.78 is 5.66. The minimum Gasteiger partial charge on any atom is -0.504 e. The number of likely N-dealkylation sites (tertiary alicyclic amines) is 1. The van der Waals surface area contributed by atoms with Gasteiger partial charge in [0.25, 0.3) is 5.91 Å². The number of carbonyl (C=O) groups is 3. The summed E-state index contributed by atoms with van der Waals surface area (Å²) in [4.78, 5) is 58.7. The van der Waals surface area contributed by atoms with Crippen LogP contribution in [0.1, 0.15) is 34.5 Å². The summed E-state index contributed by atoms with van der Waals surface area (Å²) in [5, 5.41) is 24.6. The molecule has 2 aliphatic heterocycles. The number of aromatic hydroxyl groups is 2. The lowest BCUT2D eigenvalue weighted by atomic mass is 10.0. The molecular weight excluding hydrogens is 624 g/mol. The molecule has 0 unspecified atom stereocenters. The van der Waals surface area contributed by atoms with Crippen molar-refractivity contribution in [1.82, 2.24) is 15.1 Å². The molecule has 11 heteroatoms. The zero-order valence-electron chi connectivity index (χ0n) is 26.8. The lowest BCUT2D eigenvalue weighted by Crippen LogP contribution is -2.55. The van der Waals surface area contributed by atoms with E-state index >= 15 is 0 Å². The highest BCUT2D eigenvalue weighted by Gasteiger charge is 2.31. The summed E-state index contributed by atoms with van der Waals surface area (Å²) in [5.41, 5.74) is 2.31. The van der Waals surface area contributed by atoms with Crippen LogP contribution in [0, 0.1) is 0 Å². The number of anilines is 1. The fraction of sp³-hybridized carbons (Fsp3) is 0.263. The van der Waals surface area contributed by atoms with Crippen molar-refractivity contribution >= 4 is 45.2 Å². The number of hydrogen-bond acceptors (Lipinski definition) is 8. The maximum absolute atomic E-state index is 14.2. The van der Waals surface area contributed by atoms with E-state index in [9.17, 15) is 29.4 Å². The van der Waals surface area contributed by atoms with Crippen molar-refractivity contribution in [3.05, 3.63) is 112 Å². The number of phenols is 2. The van der Waals surface area contributed by atoms with Crippen LogP contribution in [0.25, 0.3) is 21.7 Å². The van der Waals surface area contributed by atoms with Gasteiger partial charge in [0.15, 0.2) is 22.7 Å². The van der Waals surface area contributed by atoms with Crippen molar-refractivity contribution in [2.45, 2.75) is 31.8 Å². The van der Waals surface area contributed by atoms with E-state index in [0.29, 0.717) is 39.1 Å². The van der Waals surface area contributed by atoms with Crippen LogP contribution in [0.4, 0.5) is 5.69 Å². The van der Waals surface area contributed by atoms with E-state index in [1.54, 1.807) is 4.90 Å². The Hall–Kier alpha value is -5.84. The molecule has 7 rings (SSSR count). The lowest BCUT2D eigenvalue weighted by Gasteiger charge is -2.38. The third-order valence-electron chi connectivity index (χ3n) is 9.36. The van der Waals surface area contributed by atoms with Crippen molar-refractivity contribution in [3.8, 4) is 11.5 Å². The van der Waals surface area contributed by atoms with Crippen LogP contribution >= 0.6 is 0 Å². The SMILES string of the molecule is O=C(N[C@H](Cc1ccc2ccccc2c1)C(=O)N1CCN(c2ccccc2CN2CCCC2=O)CC1)c1cc(=O)c2cc(O)c(O)cc2o1. The van der Waals surface area contributed by atoms with Crippen LogP contribution in [0.2, 0.25) is 0 Å². The Morgan fingerprint density at radius 2 is 1.55 bits per heavy atom. The molecule has 4 aromatic carbocycles. The summed E-state index contributed by atoms with van der Waals surface area (Å²) in [6, 6.07) is 24.0. The number of carbonyl (C=O) groups excluding carboxylic acids is 3. The molecule has 5 aromatic rings. The highest BCUT2D eigenvalue weighted by molar-refractivity contribution is 5.97. The van der Waals surface area contributed by atoms with Crippen molar-refractivity contribution in [3.63, 3.8) is 0 Å². The van der Waals surface area contributed by atoms with Gasteiger partial charge >= 0.3 is 0 Å². The van der Waals surface area contributed by atoms with Gasteiger partial charge in [-0.2, -0.15) is 0 Å². The molecule has 250 valence electrons. The number of phenolic OH excluding ortho intramolecular Hbond substituents is 2. The highest BCUT2D eigenvalue weighted by Crippen LogP contribution is 2.29. The van der Waals surface area contributed by atoms with E-state index in [4.69, 9.17) is 4.42 Å².